The van der Waals surface area contributed by atoms with Gasteiger partial charge in [0.25, 0.3) is 0 Å². The first-order valence-corrected chi connectivity index (χ1v) is 8.42. The van der Waals surface area contributed by atoms with Crippen LogP contribution in [0, 0.1) is 5.92 Å². The van der Waals surface area contributed by atoms with E-state index in [9.17, 15) is 4.79 Å². The van der Waals surface area contributed by atoms with Crippen molar-refractivity contribution in [2.75, 3.05) is 18.4 Å². The van der Waals surface area contributed by atoms with Gasteiger partial charge in [-0.3, -0.25) is 4.79 Å². The number of aromatic nitrogens is 2. The molecular weight excluding hydrogens is 276 g/mol. The average Bonchev–Trinajstić information content (AvgIpc) is 2.47. The molecule has 1 aromatic rings. The van der Waals surface area contributed by atoms with Crippen LogP contribution in [0.4, 0.5) is 5.95 Å². The molecule has 0 bridgehead atoms. The van der Waals surface area contributed by atoms with Gasteiger partial charge in [0.1, 0.15) is 0 Å². The van der Waals surface area contributed by atoms with E-state index in [1.165, 1.54) is 0 Å². The zero-order chi connectivity index (χ0) is 15.7. The zero-order valence-corrected chi connectivity index (χ0v) is 13.8. The number of likely N-dealkylation sites (tertiary alicyclic amines) is 1. The van der Waals surface area contributed by atoms with E-state index < -0.39 is 0 Å². The molecule has 0 amide bonds. The zero-order valence-electron chi connectivity index (χ0n) is 13.8. The average molecular weight is 302 g/mol. The minimum atomic E-state index is 0.186. The molecule has 2 aliphatic rings. The Morgan fingerprint density at radius 1 is 1.27 bits per heavy atom. The van der Waals surface area contributed by atoms with Crippen molar-refractivity contribution in [2.24, 2.45) is 5.92 Å². The Kier molecular flexibility index (Phi) is 4.43. The highest BCUT2D eigenvalue weighted by atomic mass is 16.1. The number of Topliss-reactive ketones (excluding diaryl/α,β-unsaturated/α-hetero) is 1. The molecule has 2 heterocycles. The first-order chi connectivity index (χ1) is 10.5. The number of rotatable bonds is 3. The molecule has 0 spiro atoms. The van der Waals surface area contributed by atoms with Gasteiger partial charge in [0, 0.05) is 37.8 Å². The smallest absolute Gasteiger partial charge is 0.223 e. The van der Waals surface area contributed by atoms with Gasteiger partial charge in [-0.1, -0.05) is 6.92 Å². The van der Waals surface area contributed by atoms with E-state index in [-0.39, 0.29) is 5.78 Å². The summed E-state index contributed by atoms with van der Waals surface area (Å²) in [5.74, 6) is 1.26. The minimum absolute atomic E-state index is 0.186. The highest BCUT2D eigenvalue weighted by Crippen LogP contribution is 2.24. The number of nitrogens with one attached hydrogen (secondary N) is 1. The molecule has 1 aliphatic carbocycles. The summed E-state index contributed by atoms with van der Waals surface area (Å²) < 4.78 is 0. The van der Waals surface area contributed by atoms with Gasteiger partial charge in [0.2, 0.25) is 5.95 Å². The standard InChI is InChI=1S/C17H26N4O/c1-11(2)21-6-4-13(5-7-21)19-17-18-10-14-15(20-17)8-12(3)9-16(14)22/h10-13H,4-9H2,1-3H3,(H,18,19,20). The van der Waals surface area contributed by atoms with Gasteiger partial charge in [-0.25, -0.2) is 9.97 Å². The number of carbonyl (C=O) groups is 1. The second kappa shape index (κ2) is 6.32. The Bertz CT molecular complexity index is 550. The van der Waals surface area contributed by atoms with Crippen molar-refractivity contribution in [3.05, 3.63) is 17.5 Å². The predicted molar refractivity (Wildman–Crippen MR) is 87.2 cm³/mol. The number of anilines is 1. The van der Waals surface area contributed by atoms with Gasteiger partial charge in [0.15, 0.2) is 5.78 Å². The molecule has 1 unspecified atom stereocenters. The highest BCUT2D eigenvalue weighted by Gasteiger charge is 2.25. The van der Waals surface area contributed by atoms with Crippen LogP contribution in [0.25, 0.3) is 0 Å². The number of hydrogen-bond donors (Lipinski definition) is 1. The number of hydrogen-bond acceptors (Lipinski definition) is 5. The lowest BCUT2D eigenvalue weighted by atomic mass is 9.88. The lowest BCUT2D eigenvalue weighted by Crippen LogP contribution is -2.42. The summed E-state index contributed by atoms with van der Waals surface area (Å²) in [6.07, 6.45) is 5.45. The second-order valence-corrected chi connectivity index (χ2v) is 7.04. The van der Waals surface area contributed by atoms with E-state index in [2.05, 4.69) is 41.0 Å². The van der Waals surface area contributed by atoms with Crippen molar-refractivity contribution in [3.8, 4) is 0 Å². The predicted octanol–water partition coefficient (Wildman–Crippen LogP) is 2.53. The van der Waals surface area contributed by atoms with Crippen LogP contribution >= 0.6 is 0 Å². The van der Waals surface area contributed by atoms with Crippen LogP contribution in [0.5, 0.6) is 0 Å². The van der Waals surface area contributed by atoms with E-state index >= 15 is 0 Å². The lowest BCUT2D eigenvalue weighted by molar-refractivity contribution is 0.0951. The molecule has 1 fully saturated rings. The van der Waals surface area contributed by atoms with Crippen LogP contribution in [0.15, 0.2) is 6.20 Å². The van der Waals surface area contributed by atoms with Gasteiger partial charge >= 0.3 is 0 Å². The first kappa shape index (κ1) is 15.4. The highest BCUT2D eigenvalue weighted by molar-refractivity contribution is 5.98. The van der Waals surface area contributed by atoms with Gasteiger partial charge in [-0.2, -0.15) is 0 Å². The maximum Gasteiger partial charge on any atom is 0.223 e. The summed E-state index contributed by atoms with van der Waals surface area (Å²) in [5, 5.41) is 3.46. The third kappa shape index (κ3) is 3.29. The fraction of sp³-hybridized carbons (Fsp3) is 0.706. The molecule has 5 heteroatoms. The molecule has 1 N–H and O–H groups in total. The van der Waals surface area contributed by atoms with Crippen LogP contribution in [0.3, 0.4) is 0 Å². The molecule has 22 heavy (non-hydrogen) atoms. The molecule has 5 nitrogen and oxygen atoms in total. The molecular formula is C17H26N4O. The Hall–Kier alpha value is -1.49. The summed E-state index contributed by atoms with van der Waals surface area (Å²) in [6.45, 7) is 8.85. The molecule has 1 saturated heterocycles. The van der Waals surface area contributed by atoms with Gasteiger partial charge < -0.3 is 10.2 Å². The topological polar surface area (TPSA) is 58.1 Å². The summed E-state index contributed by atoms with van der Waals surface area (Å²) in [7, 11) is 0. The minimum Gasteiger partial charge on any atom is -0.351 e. The molecule has 120 valence electrons. The van der Waals surface area contributed by atoms with Gasteiger partial charge in [0.05, 0.1) is 11.3 Å². The Morgan fingerprint density at radius 3 is 2.68 bits per heavy atom. The van der Waals surface area contributed by atoms with Crippen molar-refractivity contribution >= 4 is 11.7 Å². The van der Waals surface area contributed by atoms with E-state index in [1.54, 1.807) is 6.20 Å². The van der Waals surface area contributed by atoms with E-state index in [1.807, 2.05) is 0 Å². The normalized spacial score (nSPS) is 23.6. The summed E-state index contributed by atoms with van der Waals surface area (Å²) in [5.41, 5.74) is 1.64. The second-order valence-electron chi connectivity index (χ2n) is 7.04. The Morgan fingerprint density at radius 2 is 2.00 bits per heavy atom. The van der Waals surface area contributed by atoms with E-state index in [0.717, 1.165) is 43.6 Å². The summed E-state index contributed by atoms with van der Waals surface area (Å²) >= 11 is 0. The molecule has 1 atom stereocenters. The fourth-order valence-electron chi connectivity index (χ4n) is 3.45. The van der Waals surface area contributed by atoms with Crippen molar-refractivity contribution in [1.82, 2.24) is 14.9 Å². The van der Waals surface area contributed by atoms with E-state index in [4.69, 9.17) is 0 Å². The van der Waals surface area contributed by atoms with Crippen LogP contribution in [-0.2, 0) is 6.42 Å². The van der Waals surface area contributed by atoms with Crippen LogP contribution in [0.1, 0.15) is 56.1 Å². The van der Waals surface area contributed by atoms with Crippen molar-refractivity contribution in [2.45, 2.75) is 58.5 Å². The number of fused-ring (bicyclic) bond motifs is 1. The maximum absolute atomic E-state index is 12.0. The molecule has 1 aromatic heterocycles. The first-order valence-electron chi connectivity index (χ1n) is 8.42. The van der Waals surface area contributed by atoms with Crippen molar-refractivity contribution in [1.29, 1.82) is 0 Å². The molecule has 0 saturated carbocycles. The van der Waals surface area contributed by atoms with E-state index in [0.29, 0.717) is 30.4 Å². The molecule has 0 radical (unpaired) electrons. The number of carbonyl (C=O) groups excluding carboxylic acids is 1. The summed E-state index contributed by atoms with van der Waals surface area (Å²) in [6, 6.07) is 1.05. The quantitative estimate of drug-likeness (QED) is 0.930. The molecule has 3 rings (SSSR count). The van der Waals surface area contributed by atoms with Gasteiger partial charge in [-0.15, -0.1) is 0 Å². The maximum atomic E-state index is 12.0. The number of piperidine rings is 1. The third-order valence-electron chi connectivity index (χ3n) is 4.84. The van der Waals surface area contributed by atoms with Crippen LogP contribution in [0.2, 0.25) is 0 Å². The third-order valence-corrected chi connectivity index (χ3v) is 4.84. The van der Waals surface area contributed by atoms with Gasteiger partial charge in [-0.05, 0) is 39.0 Å². The lowest BCUT2D eigenvalue weighted by Gasteiger charge is -2.34. The summed E-state index contributed by atoms with van der Waals surface area (Å²) in [4.78, 5) is 23.5. The van der Waals surface area contributed by atoms with Crippen LogP contribution in [-0.4, -0.2) is 45.8 Å². The Labute approximate surface area is 132 Å². The number of nitrogens with zero attached hydrogens (tertiary/aromatic N) is 3. The monoisotopic (exact) mass is 302 g/mol. The largest absolute Gasteiger partial charge is 0.351 e. The fourth-order valence-corrected chi connectivity index (χ4v) is 3.45. The Balaban J connectivity index is 1.65. The SMILES string of the molecule is CC1CC(=O)c2cnc(NC3CCN(C(C)C)CC3)nc2C1. The van der Waals surface area contributed by atoms with Crippen molar-refractivity contribution in [3.63, 3.8) is 0 Å². The number of ketones is 1. The molecule has 0 aromatic carbocycles. The van der Waals surface area contributed by atoms with Crippen molar-refractivity contribution < 1.29 is 4.79 Å². The molecule has 1 aliphatic heterocycles. The van der Waals surface area contributed by atoms with Crippen LogP contribution < -0.4 is 5.32 Å².